The lowest BCUT2D eigenvalue weighted by molar-refractivity contribution is 0.130. The van der Waals surface area contributed by atoms with Gasteiger partial charge in [0.1, 0.15) is 0 Å². The quantitative estimate of drug-likeness (QED) is 0.869. The first-order chi connectivity index (χ1) is 9.02. The van der Waals surface area contributed by atoms with Crippen molar-refractivity contribution in [2.45, 2.75) is 45.4 Å². The van der Waals surface area contributed by atoms with Crippen LogP contribution < -0.4 is 5.32 Å². The van der Waals surface area contributed by atoms with E-state index in [2.05, 4.69) is 24.1 Å². The molecule has 2 aromatic rings. The zero-order valence-electron chi connectivity index (χ0n) is 12.1. The van der Waals surface area contributed by atoms with Crippen molar-refractivity contribution in [3.8, 4) is 0 Å². The molecule has 2 rings (SSSR count). The molecule has 0 aliphatic carbocycles. The summed E-state index contributed by atoms with van der Waals surface area (Å²) in [6, 6.07) is 6.38. The van der Waals surface area contributed by atoms with Crippen LogP contribution in [0.5, 0.6) is 0 Å². The molecule has 1 aromatic carbocycles. The van der Waals surface area contributed by atoms with Crippen LogP contribution in [-0.4, -0.2) is 26.7 Å². The Balaban J connectivity index is 2.18. The number of aryl methyl sites for hydroxylation is 1. The van der Waals surface area contributed by atoms with Gasteiger partial charge in [-0.3, -0.25) is 0 Å². The highest BCUT2D eigenvalue weighted by Gasteiger charge is 2.18. The summed E-state index contributed by atoms with van der Waals surface area (Å²) in [6.45, 7) is 6.28. The van der Waals surface area contributed by atoms with Crippen LogP contribution in [0.15, 0.2) is 24.5 Å². The van der Waals surface area contributed by atoms with Crippen molar-refractivity contribution in [2.24, 2.45) is 7.05 Å². The lowest BCUT2D eigenvalue weighted by Crippen LogP contribution is -2.38. The molecule has 4 heteroatoms. The van der Waals surface area contributed by atoms with E-state index in [1.807, 2.05) is 36.7 Å². The van der Waals surface area contributed by atoms with E-state index in [0.29, 0.717) is 6.04 Å². The molecule has 4 nitrogen and oxygen atoms in total. The second-order valence-corrected chi connectivity index (χ2v) is 5.31. The SMILES string of the molecule is CCC(C)NC(C)C(O)c1ccc2c(c1)ncn2C. The largest absolute Gasteiger partial charge is 0.387 e. The molecule has 0 saturated heterocycles. The average Bonchev–Trinajstić information content (AvgIpc) is 2.78. The Kier molecular flexibility index (Phi) is 4.22. The summed E-state index contributed by atoms with van der Waals surface area (Å²) < 4.78 is 1.98. The molecule has 0 fully saturated rings. The van der Waals surface area contributed by atoms with E-state index in [1.165, 1.54) is 0 Å². The fraction of sp³-hybridized carbons (Fsp3) is 0.533. The van der Waals surface area contributed by atoms with Crippen LogP contribution in [0.1, 0.15) is 38.9 Å². The van der Waals surface area contributed by atoms with Gasteiger partial charge < -0.3 is 15.0 Å². The predicted octanol–water partition coefficient (Wildman–Crippen LogP) is 2.38. The molecule has 0 saturated carbocycles. The van der Waals surface area contributed by atoms with Gasteiger partial charge in [0.15, 0.2) is 0 Å². The van der Waals surface area contributed by atoms with Crippen molar-refractivity contribution in [3.05, 3.63) is 30.1 Å². The number of aromatic nitrogens is 2. The minimum absolute atomic E-state index is 0.0242. The molecule has 104 valence electrons. The number of nitrogens with one attached hydrogen (secondary N) is 1. The van der Waals surface area contributed by atoms with Crippen LogP contribution in [0, 0.1) is 0 Å². The number of rotatable bonds is 5. The number of aliphatic hydroxyl groups excluding tert-OH is 1. The van der Waals surface area contributed by atoms with Crippen LogP contribution in [-0.2, 0) is 7.05 Å². The van der Waals surface area contributed by atoms with Gasteiger partial charge >= 0.3 is 0 Å². The van der Waals surface area contributed by atoms with Crippen LogP contribution in [0.25, 0.3) is 11.0 Å². The minimum atomic E-state index is -0.514. The van der Waals surface area contributed by atoms with Gasteiger partial charge in [0, 0.05) is 19.1 Å². The summed E-state index contributed by atoms with van der Waals surface area (Å²) >= 11 is 0. The highest BCUT2D eigenvalue weighted by atomic mass is 16.3. The molecule has 0 radical (unpaired) electrons. The smallest absolute Gasteiger partial charge is 0.0955 e. The van der Waals surface area contributed by atoms with E-state index in [4.69, 9.17) is 0 Å². The molecule has 1 heterocycles. The molecule has 0 bridgehead atoms. The third-order valence-electron chi connectivity index (χ3n) is 3.72. The first-order valence-electron chi connectivity index (χ1n) is 6.88. The topological polar surface area (TPSA) is 50.1 Å². The molecule has 1 aromatic heterocycles. The number of benzene rings is 1. The monoisotopic (exact) mass is 261 g/mol. The summed E-state index contributed by atoms with van der Waals surface area (Å²) in [5.41, 5.74) is 2.92. The Morgan fingerprint density at radius 3 is 2.79 bits per heavy atom. The minimum Gasteiger partial charge on any atom is -0.387 e. The Morgan fingerprint density at radius 2 is 2.11 bits per heavy atom. The van der Waals surface area contributed by atoms with E-state index in [0.717, 1.165) is 23.0 Å². The Labute approximate surface area is 114 Å². The molecule has 2 N–H and O–H groups in total. The van der Waals surface area contributed by atoms with Crippen molar-refractivity contribution in [2.75, 3.05) is 0 Å². The van der Waals surface area contributed by atoms with Crippen molar-refractivity contribution in [1.82, 2.24) is 14.9 Å². The maximum absolute atomic E-state index is 10.4. The van der Waals surface area contributed by atoms with Crippen LogP contribution in [0.3, 0.4) is 0 Å². The van der Waals surface area contributed by atoms with Crippen molar-refractivity contribution >= 4 is 11.0 Å². The maximum atomic E-state index is 10.4. The predicted molar refractivity (Wildman–Crippen MR) is 78.0 cm³/mol. The second kappa shape index (κ2) is 5.72. The van der Waals surface area contributed by atoms with Crippen molar-refractivity contribution in [1.29, 1.82) is 0 Å². The molecule has 3 unspecified atom stereocenters. The van der Waals surface area contributed by atoms with E-state index in [9.17, 15) is 5.11 Å². The van der Waals surface area contributed by atoms with E-state index >= 15 is 0 Å². The molecule has 0 aliphatic heterocycles. The molecule has 3 atom stereocenters. The average molecular weight is 261 g/mol. The molecular weight excluding hydrogens is 238 g/mol. The summed E-state index contributed by atoms with van der Waals surface area (Å²) in [4.78, 5) is 4.33. The zero-order chi connectivity index (χ0) is 14.0. The van der Waals surface area contributed by atoms with Gasteiger partial charge in [-0.15, -0.1) is 0 Å². The second-order valence-electron chi connectivity index (χ2n) is 5.31. The van der Waals surface area contributed by atoms with Gasteiger partial charge in [0.25, 0.3) is 0 Å². The lowest BCUT2D eigenvalue weighted by Gasteiger charge is -2.24. The van der Waals surface area contributed by atoms with E-state index in [1.54, 1.807) is 6.33 Å². The Morgan fingerprint density at radius 1 is 1.37 bits per heavy atom. The fourth-order valence-corrected chi connectivity index (χ4v) is 2.28. The molecule has 19 heavy (non-hydrogen) atoms. The van der Waals surface area contributed by atoms with Crippen LogP contribution in [0.4, 0.5) is 0 Å². The maximum Gasteiger partial charge on any atom is 0.0955 e. The molecule has 0 spiro atoms. The summed E-state index contributed by atoms with van der Waals surface area (Å²) in [7, 11) is 1.97. The number of nitrogens with zero attached hydrogens (tertiary/aromatic N) is 2. The van der Waals surface area contributed by atoms with Crippen molar-refractivity contribution < 1.29 is 5.11 Å². The van der Waals surface area contributed by atoms with Crippen LogP contribution in [0.2, 0.25) is 0 Å². The van der Waals surface area contributed by atoms with Gasteiger partial charge in [-0.1, -0.05) is 13.0 Å². The highest BCUT2D eigenvalue weighted by Crippen LogP contribution is 2.21. The summed E-state index contributed by atoms with van der Waals surface area (Å²) in [5, 5.41) is 13.8. The number of hydrogen-bond acceptors (Lipinski definition) is 3. The van der Waals surface area contributed by atoms with Crippen molar-refractivity contribution in [3.63, 3.8) is 0 Å². The Hall–Kier alpha value is -1.39. The first kappa shape index (κ1) is 14.0. The number of aliphatic hydroxyl groups is 1. The van der Waals surface area contributed by atoms with Gasteiger partial charge in [0.2, 0.25) is 0 Å². The Bertz CT molecular complexity index is 549. The lowest BCUT2D eigenvalue weighted by atomic mass is 10.0. The van der Waals surface area contributed by atoms with Gasteiger partial charge in [-0.05, 0) is 38.0 Å². The standard InChI is InChI=1S/C15H23N3O/c1-5-10(2)17-11(3)15(19)12-6-7-14-13(8-12)16-9-18(14)4/h6-11,15,17,19H,5H2,1-4H3. The third kappa shape index (κ3) is 2.96. The number of imidazole rings is 1. The van der Waals surface area contributed by atoms with Gasteiger partial charge in [-0.25, -0.2) is 4.98 Å². The fourth-order valence-electron chi connectivity index (χ4n) is 2.28. The number of hydrogen-bond donors (Lipinski definition) is 2. The van der Waals surface area contributed by atoms with Gasteiger partial charge in [0.05, 0.1) is 23.5 Å². The summed E-state index contributed by atoms with van der Waals surface area (Å²) in [6.07, 6.45) is 2.33. The van der Waals surface area contributed by atoms with E-state index in [-0.39, 0.29) is 6.04 Å². The molecule has 0 aliphatic rings. The molecular formula is C15H23N3O. The van der Waals surface area contributed by atoms with E-state index < -0.39 is 6.10 Å². The zero-order valence-corrected chi connectivity index (χ0v) is 12.1. The van der Waals surface area contributed by atoms with Crippen LogP contribution >= 0.6 is 0 Å². The van der Waals surface area contributed by atoms with Gasteiger partial charge in [-0.2, -0.15) is 0 Å². The number of fused-ring (bicyclic) bond motifs is 1. The normalized spacial score (nSPS) is 16.5. The third-order valence-corrected chi connectivity index (χ3v) is 3.72. The summed E-state index contributed by atoms with van der Waals surface area (Å²) in [5.74, 6) is 0. The highest BCUT2D eigenvalue weighted by molar-refractivity contribution is 5.76. The molecule has 0 amide bonds. The first-order valence-corrected chi connectivity index (χ1v) is 6.88.